The van der Waals surface area contributed by atoms with Crippen molar-refractivity contribution < 1.29 is 9.53 Å². The fourth-order valence-electron chi connectivity index (χ4n) is 2.91. The van der Waals surface area contributed by atoms with Gasteiger partial charge in [0.2, 0.25) is 5.91 Å². The van der Waals surface area contributed by atoms with Gasteiger partial charge < -0.3 is 10.1 Å². The molecule has 0 aromatic heterocycles. The lowest BCUT2D eigenvalue weighted by atomic mass is 10.1. The van der Waals surface area contributed by atoms with Gasteiger partial charge in [0, 0.05) is 17.6 Å². The van der Waals surface area contributed by atoms with Crippen LogP contribution in [0.25, 0.3) is 0 Å². The molecular formula is C20H22Cl2N2O2. The van der Waals surface area contributed by atoms with Crippen LogP contribution < -0.4 is 10.1 Å². The summed E-state index contributed by atoms with van der Waals surface area (Å²) < 4.78 is 5.21. The lowest BCUT2D eigenvalue weighted by Crippen LogP contribution is -2.43. The summed E-state index contributed by atoms with van der Waals surface area (Å²) in [4.78, 5) is 15.0. The standard InChI is InChI=1S/C20H22Cl2N2O2/c1-13(20(25)23-19-11-15(21)5-10-18(19)22)24(16-6-7-16)12-14-3-8-17(26-2)9-4-14/h3-5,8-11,13,16H,6-7,12H2,1-2H3,(H,23,25)/t13-/m0/s1. The molecule has 1 aliphatic carbocycles. The number of halogens is 2. The molecular weight excluding hydrogens is 371 g/mol. The maximum atomic E-state index is 12.8. The zero-order valence-electron chi connectivity index (χ0n) is 14.8. The maximum absolute atomic E-state index is 12.8. The van der Waals surface area contributed by atoms with E-state index in [4.69, 9.17) is 27.9 Å². The van der Waals surface area contributed by atoms with Gasteiger partial charge in [-0.2, -0.15) is 0 Å². The van der Waals surface area contributed by atoms with Crippen molar-refractivity contribution in [3.8, 4) is 5.75 Å². The molecule has 2 aromatic carbocycles. The molecule has 26 heavy (non-hydrogen) atoms. The van der Waals surface area contributed by atoms with Gasteiger partial charge in [0.25, 0.3) is 0 Å². The second kappa shape index (κ2) is 8.30. The van der Waals surface area contributed by atoms with E-state index in [2.05, 4.69) is 10.2 Å². The van der Waals surface area contributed by atoms with Crippen LogP contribution in [-0.4, -0.2) is 30.0 Å². The fourth-order valence-corrected chi connectivity index (χ4v) is 3.25. The van der Waals surface area contributed by atoms with Gasteiger partial charge in [-0.25, -0.2) is 0 Å². The number of methoxy groups -OCH3 is 1. The molecule has 0 unspecified atom stereocenters. The van der Waals surface area contributed by atoms with Crippen molar-refractivity contribution in [3.63, 3.8) is 0 Å². The van der Waals surface area contributed by atoms with Crippen molar-refractivity contribution in [2.75, 3.05) is 12.4 Å². The van der Waals surface area contributed by atoms with Crippen molar-refractivity contribution in [2.45, 2.75) is 38.4 Å². The Bertz CT molecular complexity index is 776. The third-order valence-electron chi connectivity index (χ3n) is 4.60. The van der Waals surface area contributed by atoms with Gasteiger partial charge in [-0.1, -0.05) is 35.3 Å². The number of amides is 1. The highest BCUT2D eigenvalue weighted by Gasteiger charge is 2.35. The fraction of sp³-hybridized carbons (Fsp3) is 0.350. The molecule has 0 aliphatic heterocycles. The van der Waals surface area contributed by atoms with E-state index in [0.29, 0.717) is 28.3 Å². The molecule has 1 saturated carbocycles. The van der Waals surface area contributed by atoms with Gasteiger partial charge in [0.05, 0.1) is 23.9 Å². The minimum atomic E-state index is -0.278. The van der Waals surface area contributed by atoms with Gasteiger partial charge in [0.15, 0.2) is 0 Å². The first-order chi connectivity index (χ1) is 12.5. The quantitative estimate of drug-likeness (QED) is 0.720. The minimum Gasteiger partial charge on any atom is -0.497 e. The number of carbonyl (C=O) groups excluding carboxylic acids is 1. The molecule has 0 bridgehead atoms. The Morgan fingerprint density at radius 3 is 2.54 bits per heavy atom. The topological polar surface area (TPSA) is 41.6 Å². The van der Waals surface area contributed by atoms with E-state index < -0.39 is 0 Å². The summed E-state index contributed by atoms with van der Waals surface area (Å²) in [6, 6.07) is 13.2. The van der Waals surface area contributed by atoms with Crippen LogP contribution in [0.3, 0.4) is 0 Å². The number of ether oxygens (including phenoxy) is 1. The molecule has 1 atom stereocenters. The molecule has 2 aromatic rings. The van der Waals surface area contributed by atoms with Crippen LogP contribution in [0.4, 0.5) is 5.69 Å². The predicted molar refractivity (Wildman–Crippen MR) is 106 cm³/mol. The van der Waals surface area contributed by atoms with Crippen LogP contribution in [0.1, 0.15) is 25.3 Å². The van der Waals surface area contributed by atoms with Gasteiger partial charge in [-0.3, -0.25) is 9.69 Å². The molecule has 1 N–H and O–H groups in total. The van der Waals surface area contributed by atoms with E-state index in [0.717, 1.165) is 24.2 Å². The van der Waals surface area contributed by atoms with Crippen molar-refractivity contribution in [3.05, 3.63) is 58.1 Å². The molecule has 0 heterocycles. The number of nitrogens with zero attached hydrogens (tertiary/aromatic N) is 1. The van der Waals surface area contributed by atoms with Gasteiger partial charge in [0.1, 0.15) is 5.75 Å². The van der Waals surface area contributed by atoms with E-state index >= 15 is 0 Å². The molecule has 1 amide bonds. The number of hydrogen-bond donors (Lipinski definition) is 1. The maximum Gasteiger partial charge on any atom is 0.241 e. The molecule has 138 valence electrons. The zero-order chi connectivity index (χ0) is 18.7. The lowest BCUT2D eigenvalue weighted by Gasteiger charge is -2.28. The summed E-state index contributed by atoms with van der Waals surface area (Å²) in [6.07, 6.45) is 2.23. The molecule has 0 saturated heterocycles. The number of rotatable bonds is 7. The van der Waals surface area contributed by atoms with Gasteiger partial charge in [-0.15, -0.1) is 0 Å². The van der Waals surface area contributed by atoms with Crippen LogP contribution in [0.2, 0.25) is 10.0 Å². The van der Waals surface area contributed by atoms with Crippen LogP contribution in [0, 0.1) is 0 Å². The van der Waals surface area contributed by atoms with Crippen LogP contribution >= 0.6 is 23.2 Å². The zero-order valence-corrected chi connectivity index (χ0v) is 16.3. The average molecular weight is 393 g/mol. The van der Waals surface area contributed by atoms with Gasteiger partial charge >= 0.3 is 0 Å². The van der Waals surface area contributed by atoms with Crippen molar-refractivity contribution >= 4 is 34.8 Å². The highest BCUT2D eigenvalue weighted by atomic mass is 35.5. The van der Waals surface area contributed by atoms with E-state index in [1.807, 2.05) is 31.2 Å². The van der Waals surface area contributed by atoms with Crippen molar-refractivity contribution in [2.24, 2.45) is 0 Å². The largest absolute Gasteiger partial charge is 0.497 e. The molecule has 0 radical (unpaired) electrons. The van der Waals surface area contributed by atoms with Gasteiger partial charge in [-0.05, 0) is 55.7 Å². The normalized spacial score (nSPS) is 15.0. The number of anilines is 1. The Morgan fingerprint density at radius 2 is 1.92 bits per heavy atom. The monoisotopic (exact) mass is 392 g/mol. The van der Waals surface area contributed by atoms with Crippen molar-refractivity contribution in [1.29, 1.82) is 0 Å². The smallest absolute Gasteiger partial charge is 0.241 e. The predicted octanol–water partition coefficient (Wildman–Crippen LogP) is 4.99. The summed E-state index contributed by atoms with van der Waals surface area (Å²) in [5, 5.41) is 3.91. The minimum absolute atomic E-state index is 0.0884. The Hall–Kier alpha value is -1.75. The average Bonchev–Trinajstić information content (AvgIpc) is 3.47. The molecule has 3 rings (SSSR count). The number of hydrogen-bond acceptors (Lipinski definition) is 3. The van der Waals surface area contributed by atoms with E-state index in [-0.39, 0.29) is 11.9 Å². The molecule has 1 aliphatic rings. The SMILES string of the molecule is COc1ccc(CN(C2CC2)[C@@H](C)C(=O)Nc2cc(Cl)ccc2Cl)cc1. The Morgan fingerprint density at radius 1 is 1.23 bits per heavy atom. The first kappa shape index (κ1) is 19.0. The molecule has 6 heteroatoms. The Labute approximate surface area is 164 Å². The summed E-state index contributed by atoms with van der Waals surface area (Å²) in [5.41, 5.74) is 1.69. The molecule has 4 nitrogen and oxygen atoms in total. The van der Waals surface area contributed by atoms with E-state index in [1.165, 1.54) is 0 Å². The Balaban J connectivity index is 1.70. The summed E-state index contributed by atoms with van der Waals surface area (Å²) in [7, 11) is 1.65. The number of benzene rings is 2. The highest BCUT2D eigenvalue weighted by Crippen LogP contribution is 2.31. The second-order valence-corrected chi connectivity index (χ2v) is 7.38. The Kier molecular flexibility index (Phi) is 6.07. The third-order valence-corrected chi connectivity index (χ3v) is 5.17. The van der Waals surface area contributed by atoms with E-state index in [9.17, 15) is 4.79 Å². The molecule has 0 spiro atoms. The van der Waals surface area contributed by atoms with Crippen LogP contribution in [-0.2, 0) is 11.3 Å². The van der Waals surface area contributed by atoms with Crippen LogP contribution in [0.15, 0.2) is 42.5 Å². The van der Waals surface area contributed by atoms with Crippen molar-refractivity contribution in [1.82, 2.24) is 4.90 Å². The lowest BCUT2D eigenvalue weighted by molar-refractivity contribution is -0.121. The third kappa shape index (κ3) is 4.70. The highest BCUT2D eigenvalue weighted by molar-refractivity contribution is 6.35. The summed E-state index contributed by atoms with van der Waals surface area (Å²) in [5.74, 6) is 0.739. The number of carbonyl (C=O) groups is 1. The van der Waals surface area contributed by atoms with Crippen LogP contribution in [0.5, 0.6) is 5.75 Å². The number of nitrogens with one attached hydrogen (secondary N) is 1. The second-order valence-electron chi connectivity index (χ2n) is 6.54. The summed E-state index contributed by atoms with van der Waals surface area (Å²) >= 11 is 12.2. The molecule has 1 fully saturated rings. The first-order valence-electron chi connectivity index (χ1n) is 8.62. The van der Waals surface area contributed by atoms with E-state index in [1.54, 1.807) is 25.3 Å². The first-order valence-corrected chi connectivity index (χ1v) is 9.38. The summed E-state index contributed by atoms with van der Waals surface area (Å²) in [6.45, 7) is 2.64.